The molecular weight excluding hydrogens is 433 g/mol. The number of ether oxygens (including phenoxy) is 1. The van der Waals surface area contributed by atoms with Gasteiger partial charge in [-0.1, -0.05) is 6.07 Å². The lowest BCUT2D eigenvalue weighted by Crippen LogP contribution is -2.42. The fourth-order valence-electron chi connectivity index (χ4n) is 3.13. The predicted molar refractivity (Wildman–Crippen MR) is 107 cm³/mol. The number of benzene rings is 1. The first-order valence-electron chi connectivity index (χ1n) is 9.10. The quantitative estimate of drug-likeness (QED) is 0.608. The summed E-state index contributed by atoms with van der Waals surface area (Å²) in [6.45, 7) is 0.760. The minimum Gasteiger partial charge on any atom is -0.465 e. The van der Waals surface area contributed by atoms with Crippen LogP contribution in [-0.2, 0) is 29.3 Å². The number of amides is 1. The molecule has 1 amide bonds. The number of fused-ring (bicyclic) bond motifs is 1. The summed E-state index contributed by atoms with van der Waals surface area (Å²) in [5.74, 6) is -1.75. The van der Waals surface area contributed by atoms with Crippen LogP contribution in [0.4, 0.5) is 18.9 Å². The summed E-state index contributed by atoms with van der Waals surface area (Å²) >= 11 is 0. The number of anilines is 1. The zero-order valence-electron chi connectivity index (χ0n) is 17.1. The van der Waals surface area contributed by atoms with E-state index in [1.807, 2.05) is 0 Å². The molecule has 0 aliphatic rings. The maximum absolute atomic E-state index is 13.0. The second kappa shape index (κ2) is 8.29. The van der Waals surface area contributed by atoms with Gasteiger partial charge in [0, 0.05) is 18.4 Å². The predicted octanol–water partition coefficient (Wildman–Crippen LogP) is 1.85. The Labute approximate surface area is 178 Å². The van der Waals surface area contributed by atoms with Crippen molar-refractivity contribution < 1.29 is 27.5 Å². The number of aryl methyl sites for hydroxylation is 2. The van der Waals surface area contributed by atoms with Crippen LogP contribution in [0.5, 0.6) is 0 Å². The number of esters is 1. The maximum atomic E-state index is 13.0. The average molecular weight is 450 g/mol. The number of hydrogen-bond acceptors (Lipinski definition) is 6. The summed E-state index contributed by atoms with van der Waals surface area (Å²) in [6.07, 6.45) is -4.61. The zero-order valence-corrected chi connectivity index (χ0v) is 17.1. The molecule has 12 heteroatoms. The van der Waals surface area contributed by atoms with Gasteiger partial charge >= 0.3 is 17.8 Å². The van der Waals surface area contributed by atoms with Gasteiger partial charge in [0.2, 0.25) is 5.91 Å². The molecule has 0 saturated carbocycles. The van der Waals surface area contributed by atoms with Gasteiger partial charge in [-0.2, -0.15) is 13.2 Å². The van der Waals surface area contributed by atoms with E-state index in [2.05, 4.69) is 15.0 Å². The molecule has 168 valence electrons. The third-order valence-electron chi connectivity index (χ3n) is 4.60. The van der Waals surface area contributed by atoms with Crippen LogP contribution in [-0.4, -0.2) is 33.1 Å². The Morgan fingerprint density at radius 3 is 2.50 bits per heavy atom. The van der Waals surface area contributed by atoms with Gasteiger partial charge in [0.15, 0.2) is 0 Å². The molecule has 1 N–H and O–H groups in total. The fraction of sp³-hybridized carbons (Fsp3) is 0.250. The monoisotopic (exact) mass is 450 g/mol. The highest BCUT2D eigenvalue weighted by Crippen LogP contribution is 2.30. The second-order valence-electron chi connectivity index (χ2n) is 6.86. The van der Waals surface area contributed by atoms with Crippen LogP contribution in [0.25, 0.3) is 11.0 Å². The summed E-state index contributed by atoms with van der Waals surface area (Å²) in [5.41, 5.74) is -2.85. The molecular formula is C20H17F3N4O5. The first-order chi connectivity index (χ1) is 14.9. The van der Waals surface area contributed by atoms with E-state index in [9.17, 15) is 32.3 Å². The van der Waals surface area contributed by atoms with Crippen molar-refractivity contribution in [3.8, 4) is 0 Å². The summed E-state index contributed by atoms with van der Waals surface area (Å²) < 4.78 is 44.8. The molecule has 0 radical (unpaired) electrons. The Bertz CT molecular complexity index is 1360. The van der Waals surface area contributed by atoms with E-state index < -0.39 is 41.4 Å². The van der Waals surface area contributed by atoms with Crippen molar-refractivity contribution in [1.82, 2.24) is 14.1 Å². The van der Waals surface area contributed by atoms with Gasteiger partial charge < -0.3 is 10.1 Å². The van der Waals surface area contributed by atoms with E-state index in [0.717, 1.165) is 29.9 Å². The minimum absolute atomic E-state index is 0.0741. The number of pyridine rings is 1. The third-order valence-corrected chi connectivity index (χ3v) is 4.60. The molecule has 1 aromatic carbocycles. The normalized spacial score (nSPS) is 11.4. The molecule has 2 heterocycles. The maximum Gasteiger partial charge on any atom is 0.416 e. The van der Waals surface area contributed by atoms with Crippen molar-refractivity contribution >= 4 is 28.6 Å². The van der Waals surface area contributed by atoms with Crippen LogP contribution in [0, 0.1) is 6.92 Å². The Balaban J connectivity index is 2.06. The Morgan fingerprint density at radius 2 is 1.88 bits per heavy atom. The number of methoxy groups -OCH3 is 1. The molecule has 0 aliphatic heterocycles. The minimum atomic E-state index is -4.61. The highest BCUT2D eigenvalue weighted by Gasteiger charge is 2.30. The summed E-state index contributed by atoms with van der Waals surface area (Å²) in [5, 5.41) is 2.00. The smallest absolute Gasteiger partial charge is 0.416 e. The highest BCUT2D eigenvalue weighted by molar-refractivity contribution is 6.02. The van der Waals surface area contributed by atoms with Gasteiger partial charge in [0.05, 0.1) is 23.6 Å². The highest BCUT2D eigenvalue weighted by atomic mass is 19.4. The molecule has 9 nitrogen and oxygen atoms in total. The lowest BCUT2D eigenvalue weighted by atomic mass is 10.1. The SMILES string of the molecule is COC(=O)c1cc(C)nc2c1c(=O)n(CC(=O)Nc1cccc(C(F)(F)F)c1)c(=O)n2C. The lowest BCUT2D eigenvalue weighted by molar-refractivity contribution is -0.137. The van der Waals surface area contributed by atoms with Crippen molar-refractivity contribution in [1.29, 1.82) is 0 Å². The summed E-state index contributed by atoms with van der Waals surface area (Å²) in [7, 11) is 2.42. The molecule has 0 fully saturated rings. The number of rotatable bonds is 4. The Morgan fingerprint density at radius 1 is 1.19 bits per heavy atom. The molecule has 0 unspecified atom stereocenters. The van der Waals surface area contributed by atoms with Crippen LogP contribution >= 0.6 is 0 Å². The van der Waals surface area contributed by atoms with Gasteiger partial charge in [-0.15, -0.1) is 0 Å². The van der Waals surface area contributed by atoms with Crippen molar-refractivity contribution in [3.63, 3.8) is 0 Å². The van der Waals surface area contributed by atoms with Crippen molar-refractivity contribution in [3.05, 3.63) is 68.0 Å². The van der Waals surface area contributed by atoms with E-state index in [-0.39, 0.29) is 22.3 Å². The summed E-state index contributed by atoms with van der Waals surface area (Å²) in [4.78, 5) is 54.4. The zero-order chi connectivity index (χ0) is 23.8. The molecule has 0 bridgehead atoms. The molecule has 0 spiro atoms. The van der Waals surface area contributed by atoms with E-state index in [1.165, 1.54) is 19.2 Å². The lowest BCUT2D eigenvalue weighted by Gasteiger charge is -2.13. The second-order valence-corrected chi connectivity index (χ2v) is 6.86. The first kappa shape index (κ1) is 22.7. The third kappa shape index (κ3) is 4.24. The van der Waals surface area contributed by atoms with Gasteiger partial charge in [0.1, 0.15) is 12.2 Å². The number of nitrogens with one attached hydrogen (secondary N) is 1. The topological polar surface area (TPSA) is 112 Å². The standard InChI is InChI=1S/C20H17F3N4O5/c1-10-7-13(18(30)32-3)15-16(24-10)26(2)19(31)27(17(15)29)9-14(28)25-12-6-4-5-11(8-12)20(21,22)23/h4-8H,9H2,1-3H3,(H,25,28). The largest absolute Gasteiger partial charge is 0.465 e. The molecule has 32 heavy (non-hydrogen) atoms. The number of carbonyl (C=O) groups is 2. The van der Waals surface area contributed by atoms with Crippen LogP contribution in [0.1, 0.15) is 21.6 Å². The van der Waals surface area contributed by atoms with E-state index in [0.29, 0.717) is 10.3 Å². The molecule has 2 aromatic heterocycles. The van der Waals surface area contributed by atoms with E-state index >= 15 is 0 Å². The van der Waals surface area contributed by atoms with E-state index in [1.54, 1.807) is 6.92 Å². The van der Waals surface area contributed by atoms with Gasteiger partial charge in [0.25, 0.3) is 5.56 Å². The molecule has 0 saturated heterocycles. The van der Waals surface area contributed by atoms with Gasteiger partial charge in [-0.25, -0.2) is 14.6 Å². The fourth-order valence-corrected chi connectivity index (χ4v) is 3.13. The van der Waals surface area contributed by atoms with Crippen LogP contribution in [0.3, 0.4) is 0 Å². The Kier molecular flexibility index (Phi) is 5.88. The number of hydrogen-bond donors (Lipinski definition) is 1. The van der Waals surface area contributed by atoms with Crippen molar-refractivity contribution in [2.45, 2.75) is 19.6 Å². The number of nitrogens with zero attached hydrogens (tertiary/aromatic N) is 3. The van der Waals surface area contributed by atoms with Gasteiger partial charge in [-0.3, -0.25) is 18.7 Å². The number of aromatic nitrogens is 3. The average Bonchev–Trinajstić information content (AvgIpc) is 2.73. The molecule has 0 aliphatic carbocycles. The Hall–Kier alpha value is -3.96. The van der Waals surface area contributed by atoms with Crippen LogP contribution in [0.15, 0.2) is 39.9 Å². The summed E-state index contributed by atoms with van der Waals surface area (Å²) in [6, 6.07) is 5.21. The van der Waals surface area contributed by atoms with Crippen LogP contribution in [0.2, 0.25) is 0 Å². The first-order valence-corrected chi connectivity index (χ1v) is 9.10. The molecule has 3 aromatic rings. The van der Waals surface area contributed by atoms with Gasteiger partial charge in [-0.05, 0) is 31.2 Å². The molecule has 0 atom stereocenters. The van der Waals surface area contributed by atoms with Crippen LogP contribution < -0.4 is 16.6 Å². The number of carbonyl (C=O) groups excluding carboxylic acids is 2. The number of alkyl halides is 3. The number of halogens is 3. The van der Waals surface area contributed by atoms with E-state index in [4.69, 9.17) is 0 Å². The molecule has 3 rings (SSSR count). The van der Waals surface area contributed by atoms with Crippen molar-refractivity contribution in [2.75, 3.05) is 12.4 Å². The van der Waals surface area contributed by atoms with Crippen molar-refractivity contribution in [2.24, 2.45) is 7.05 Å².